The van der Waals surface area contributed by atoms with Crippen LogP contribution in [0.4, 0.5) is 0 Å². The zero-order chi connectivity index (χ0) is 23.1. The van der Waals surface area contributed by atoms with Crippen LogP contribution in [0, 0.1) is 0 Å². The second-order valence-electron chi connectivity index (χ2n) is 7.95. The van der Waals surface area contributed by atoms with Crippen molar-refractivity contribution in [1.82, 2.24) is 4.90 Å². The van der Waals surface area contributed by atoms with Gasteiger partial charge in [0.25, 0.3) is 11.8 Å². The van der Waals surface area contributed by atoms with Crippen LogP contribution in [0.1, 0.15) is 80.0 Å². The normalized spacial score (nSPS) is 14.0. The molecular formula is C27H33NO4. The number of benzene rings is 2. The van der Waals surface area contributed by atoms with Gasteiger partial charge in [-0.05, 0) is 50.6 Å². The molecule has 0 radical (unpaired) electrons. The molecule has 0 aliphatic carbocycles. The molecule has 0 fully saturated rings. The van der Waals surface area contributed by atoms with Crippen LogP contribution in [-0.4, -0.2) is 30.4 Å². The van der Waals surface area contributed by atoms with Crippen molar-refractivity contribution in [3.63, 3.8) is 0 Å². The first-order valence-electron chi connectivity index (χ1n) is 11.5. The highest BCUT2D eigenvalue weighted by Gasteiger charge is 2.35. The van der Waals surface area contributed by atoms with E-state index in [4.69, 9.17) is 9.47 Å². The van der Waals surface area contributed by atoms with E-state index in [2.05, 4.69) is 6.92 Å². The molecular weight excluding hydrogens is 402 g/mol. The van der Waals surface area contributed by atoms with E-state index < -0.39 is 0 Å². The lowest BCUT2D eigenvalue weighted by molar-refractivity contribution is 0.0667. The summed E-state index contributed by atoms with van der Waals surface area (Å²) < 4.78 is 11.7. The van der Waals surface area contributed by atoms with Gasteiger partial charge in [0.05, 0.1) is 19.1 Å². The van der Waals surface area contributed by atoms with Crippen molar-refractivity contribution in [3.05, 3.63) is 59.3 Å². The molecule has 5 heteroatoms. The summed E-state index contributed by atoms with van der Waals surface area (Å²) >= 11 is 0. The van der Waals surface area contributed by atoms with E-state index in [-0.39, 0.29) is 11.8 Å². The van der Waals surface area contributed by atoms with Crippen molar-refractivity contribution in [1.29, 1.82) is 0 Å². The molecule has 3 rings (SSSR count). The molecule has 0 saturated carbocycles. The molecule has 0 atom stereocenters. The van der Waals surface area contributed by atoms with Crippen molar-refractivity contribution in [2.24, 2.45) is 0 Å². The summed E-state index contributed by atoms with van der Waals surface area (Å²) in [6.07, 6.45) is 12.4. The van der Waals surface area contributed by atoms with Gasteiger partial charge in [-0.1, -0.05) is 51.2 Å². The van der Waals surface area contributed by atoms with E-state index in [1.807, 2.05) is 26.0 Å². The van der Waals surface area contributed by atoms with Crippen molar-refractivity contribution in [2.75, 3.05) is 13.7 Å². The Morgan fingerprint density at radius 1 is 0.875 bits per heavy atom. The number of amides is 2. The SMILES string of the molecule is C/C=C\C(=C/C)N1C(=O)c2ccc(OC)c3c(OCCCCCCCC)ccc(c23)C1=O. The molecule has 2 aromatic carbocycles. The Kier molecular flexibility index (Phi) is 8.09. The number of imide groups is 1. The predicted octanol–water partition coefficient (Wildman–Crippen LogP) is 6.66. The zero-order valence-electron chi connectivity index (χ0n) is 19.6. The van der Waals surface area contributed by atoms with Gasteiger partial charge in [-0.25, -0.2) is 4.90 Å². The minimum Gasteiger partial charge on any atom is -0.496 e. The molecule has 0 spiro atoms. The van der Waals surface area contributed by atoms with Crippen molar-refractivity contribution in [3.8, 4) is 11.5 Å². The van der Waals surface area contributed by atoms with Crippen LogP contribution in [0.25, 0.3) is 10.8 Å². The maximum Gasteiger partial charge on any atom is 0.265 e. The Hall–Kier alpha value is -3.08. The molecule has 1 aliphatic heterocycles. The molecule has 170 valence electrons. The Morgan fingerprint density at radius 3 is 2.09 bits per heavy atom. The first-order valence-corrected chi connectivity index (χ1v) is 11.5. The molecule has 0 aromatic heterocycles. The third-order valence-corrected chi connectivity index (χ3v) is 5.82. The van der Waals surface area contributed by atoms with E-state index in [9.17, 15) is 9.59 Å². The van der Waals surface area contributed by atoms with E-state index >= 15 is 0 Å². The Morgan fingerprint density at radius 2 is 1.50 bits per heavy atom. The summed E-state index contributed by atoms with van der Waals surface area (Å²) in [7, 11) is 1.59. The molecule has 0 bridgehead atoms. The van der Waals surface area contributed by atoms with E-state index in [1.165, 1.54) is 30.6 Å². The third kappa shape index (κ3) is 4.57. The number of unbranched alkanes of at least 4 members (excludes halogenated alkanes) is 5. The summed E-state index contributed by atoms with van der Waals surface area (Å²) in [5.41, 5.74) is 1.51. The van der Waals surface area contributed by atoms with Crippen LogP contribution in [0.2, 0.25) is 0 Å². The molecule has 2 amide bonds. The standard InChI is InChI=1S/C27H33NO4/c1-5-8-9-10-11-12-18-32-23-17-15-21-24-20(14-16-22(31-4)25(23)24)26(29)28(27(21)30)19(7-3)13-6-2/h6-7,13-17H,5,8-12,18H2,1-4H3/b13-6-,19-7+. The fourth-order valence-electron chi connectivity index (χ4n) is 4.18. The van der Waals surface area contributed by atoms with Crippen LogP contribution >= 0.6 is 0 Å². The highest BCUT2D eigenvalue weighted by molar-refractivity contribution is 6.27. The smallest absolute Gasteiger partial charge is 0.265 e. The fraction of sp³-hybridized carbons (Fsp3) is 0.407. The average molecular weight is 436 g/mol. The summed E-state index contributed by atoms with van der Waals surface area (Å²) in [5.74, 6) is 0.561. The minimum absolute atomic E-state index is 0.338. The van der Waals surface area contributed by atoms with Crippen LogP contribution in [0.3, 0.4) is 0 Å². The van der Waals surface area contributed by atoms with Crippen molar-refractivity contribution < 1.29 is 19.1 Å². The number of rotatable bonds is 11. The second kappa shape index (κ2) is 11.0. The summed E-state index contributed by atoms with van der Waals surface area (Å²) in [6.45, 7) is 6.47. The average Bonchev–Trinajstić information content (AvgIpc) is 2.81. The van der Waals surface area contributed by atoms with Gasteiger partial charge in [0.2, 0.25) is 0 Å². The summed E-state index contributed by atoms with van der Waals surface area (Å²) in [4.78, 5) is 27.9. The number of ether oxygens (including phenoxy) is 2. The molecule has 2 aromatic rings. The molecule has 32 heavy (non-hydrogen) atoms. The number of hydrogen-bond acceptors (Lipinski definition) is 4. The lowest BCUT2D eigenvalue weighted by atomic mass is 9.92. The number of carbonyl (C=O) groups is 2. The van der Waals surface area contributed by atoms with Gasteiger partial charge in [0.15, 0.2) is 0 Å². The predicted molar refractivity (Wildman–Crippen MR) is 128 cm³/mol. The highest BCUT2D eigenvalue weighted by atomic mass is 16.5. The molecule has 0 saturated heterocycles. The Balaban J connectivity index is 1.96. The molecule has 0 unspecified atom stereocenters. The Bertz CT molecular complexity index is 1030. The quantitative estimate of drug-likeness (QED) is 0.225. The lowest BCUT2D eigenvalue weighted by Crippen LogP contribution is -2.39. The van der Waals surface area contributed by atoms with Gasteiger partial charge in [-0.3, -0.25) is 9.59 Å². The van der Waals surface area contributed by atoms with E-state index in [0.29, 0.717) is 45.7 Å². The zero-order valence-corrected chi connectivity index (χ0v) is 19.6. The Labute approximate surface area is 190 Å². The number of allylic oxidation sites excluding steroid dienone is 3. The lowest BCUT2D eigenvalue weighted by Gasteiger charge is -2.29. The molecule has 0 N–H and O–H groups in total. The second-order valence-corrected chi connectivity index (χ2v) is 7.95. The van der Waals surface area contributed by atoms with Crippen LogP contribution in [0.5, 0.6) is 11.5 Å². The van der Waals surface area contributed by atoms with Gasteiger partial charge < -0.3 is 9.47 Å². The molecule has 1 heterocycles. The number of carbonyl (C=O) groups excluding carboxylic acids is 2. The van der Waals surface area contributed by atoms with Gasteiger partial charge in [0.1, 0.15) is 11.5 Å². The summed E-state index contributed by atoms with van der Waals surface area (Å²) in [6, 6.07) is 7.08. The highest BCUT2D eigenvalue weighted by Crippen LogP contribution is 2.41. The number of nitrogens with zero attached hydrogens (tertiary/aromatic N) is 1. The van der Waals surface area contributed by atoms with Crippen LogP contribution in [-0.2, 0) is 0 Å². The van der Waals surface area contributed by atoms with Crippen molar-refractivity contribution in [2.45, 2.75) is 59.3 Å². The maximum atomic E-state index is 13.3. The van der Waals surface area contributed by atoms with Gasteiger partial charge in [-0.2, -0.15) is 0 Å². The number of methoxy groups -OCH3 is 1. The van der Waals surface area contributed by atoms with Crippen LogP contribution in [0.15, 0.2) is 48.2 Å². The number of hydrogen-bond donors (Lipinski definition) is 0. The molecule has 5 nitrogen and oxygen atoms in total. The fourth-order valence-corrected chi connectivity index (χ4v) is 4.18. The van der Waals surface area contributed by atoms with E-state index in [1.54, 1.807) is 37.5 Å². The first kappa shape index (κ1) is 23.6. The third-order valence-electron chi connectivity index (χ3n) is 5.82. The largest absolute Gasteiger partial charge is 0.496 e. The topological polar surface area (TPSA) is 55.8 Å². The van der Waals surface area contributed by atoms with Gasteiger partial charge in [0, 0.05) is 22.2 Å². The monoisotopic (exact) mass is 435 g/mol. The first-order chi connectivity index (χ1) is 15.6. The van der Waals surface area contributed by atoms with Gasteiger partial charge >= 0.3 is 0 Å². The van der Waals surface area contributed by atoms with Crippen LogP contribution < -0.4 is 9.47 Å². The minimum atomic E-state index is -0.338. The maximum absolute atomic E-state index is 13.3. The van der Waals surface area contributed by atoms with Gasteiger partial charge in [-0.15, -0.1) is 0 Å². The van der Waals surface area contributed by atoms with E-state index in [0.717, 1.165) is 12.8 Å². The van der Waals surface area contributed by atoms with Crippen molar-refractivity contribution >= 4 is 22.6 Å². The summed E-state index contributed by atoms with van der Waals surface area (Å²) in [5, 5.41) is 1.29. The molecule has 1 aliphatic rings.